The summed E-state index contributed by atoms with van der Waals surface area (Å²) in [5, 5.41) is 5.68. The summed E-state index contributed by atoms with van der Waals surface area (Å²) in [7, 11) is 1.41. The number of para-hydroxylation sites is 1. The number of carbonyl (C=O) groups excluding carboxylic acids is 2. The van der Waals surface area contributed by atoms with E-state index in [4.69, 9.17) is 9.84 Å². The number of ketones is 2. The van der Waals surface area contributed by atoms with E-state index in [0.717, 1.165) is 16.5 Å². The molecular weight excluding hydrogens is 340 g/mol. The Morgan fingerprint density at radius 1 is 1.07 bits per heavy atom. The number of nitrogens with zero attached hydrogens (tertiary/aromatic N) is 2. The van der Waals surface area contributed by atoms with Crippen LogP contribution in [-0.2, 0) is 27.3 Å². The third-order valence-electron chi connectivity index (χ3n) is 5.10. The molecule has 27 heavy (non-hydrogen) atoms. The monoisotopic (exact) mass is 360 g/mol. The molecule has 136 valence electrons. The van der Waals surface area contributed by atoms with Crippen molar-refractivity contribution >= 4 is 22.5 Å². The van der Waals surface area contributed by atoms with Gasteiger partial charge in [-0.05, 0) is 17.7 Å². The zero-order chi connectivity index (χ0) is 18.9. The first-order chi connectivity index (χ1) is 13.1. The molecule has 0 amide bonds. The van der Waals surface area contributed by atoms with Crippen LogP contribution in [0.15, 0.2) is 66.7 Å². The van der Waals surface area contributed by atoms with Gasteiger partial charge in [0.2, 0.25) is 0 Å². The number of hydrogen-bond donors (Lipinski definition) is 0. The van der Waals surface area contributed by atoms with E-state index >= 15 is 0 Å². The Morgan fingerprint density at radius 3 is 2.56 bits per heavy atom. The van der Waals surface area contributed by atoms with Gasteiger partial charge in [-0.3, -0.25) is 14.3 Å². The van der Waals surface area contributed by atoms with Crippen LogP contribution < -0.4 is 0 Å². The Labute approximate surface area is 157 Å². The molecule has 1 atom stereocenters. The highest BCUT2D eigenvalue weighted by atomic mass is 16.5. The summed E-state index contributed by atoms with van der Waals surface area (Å²) in [4.78, 5) is 25.1. The summed E-state index contributed by atoms with van der Waals surface area (Å²) < 4.78 is 7.40. The molecular formula is C22H20N2O3. The van der Waals surface area contributed by atoms with E-state index in [2.05, 4.69) is 0 Å². The molecule has 1 aromatic heterocycles. The van der Waals surface area contributed by atoms with Crippen molar-refractivity contribution in [2.45, 2.75) is 25.0 Å². The maximum absolute atomic E-state index is 12.6. The van der Waals surface area contributed by atoms with Crippen molar-refractivity contribution < 1.29 is 14.3 Å². The molecule has 0 aliphatic heterocycles. The van der Waals surface area contributed by atoms with Crippen LogP contribution in [0, 0.1) is 0 Å². The van der Waals surface area contributed by atoms with Crippen LogP contribution in [0.25, 0.3) is 10.9 Å². The van der Waals surface area contributed by atoms with Gasteiger partial charge in [0.15, 0.2) is 17.2 Å². The minimum atomic E-state index is -1.48. The maximum atomic E-state index is 12.6. The average Bonchev–Trinajstić information content (AvgIpc) is 3.03. The normalized spacial score (nSPS) is 19.7. The van der Waals surface area contributed by atoms with Gasteiger partial charge < -0.3 is 4.74 Å². The number of rotatable bonds is 5. The lowest BCUT2D eigenvalue weighted by Crippen LogP contribution is -2.51. The SMILES string of the molecule is COC1(Cc2nn(Cc3ccccc3)c3ccccc23)C(=O)C=CCC1=O. The summed E-state index contributed by atoms with van der Waals surface area (Å²) in [6.07, 6.45) is 3.36. The van der Waals surface area contributed by atoms with E-state index in [1.807, 2.05) is 59.3 Å². The molecule has 0 radical (unpaired) electrons. The van der Waals surface area contributed by atoms with Gasteiger partial charge in [0.05, 0.1) is 17.8 Å². The van der Waals surface area contributed by atoms with Crippen LogP contribution in [0.2, 0.25) is 0 Å². The minimum Gasteiger partial charge on any atom is -0.362 e. The minimum absolute atomic E-state index is 0.133. The quantitative estimate of drug-likeness (QED) is 0.656. The van der Waals surface area contributed by atoms with Crippen molar-refractivity contribution in [1.29, 1.82) is 0 Å². The van der Waals surface area contributed by atoms with Crippen LogP contribution >= 0.6 is 0 Å². The van der Waals surface area contributed by atoms with E-state index in [1.165, 1.54) is 13.2 Å². The van der Waals surface area contributed by atoms with Crippen LogP contribution in [0.3, 0.4) is 0 Å². The topological polar surface area (TPSA) is 61.2 Å². The Kier molecular flexibility index (Phi) is 4.46. The zero-order valence-corrected chi connectivity index (χ0v) is 15.1. The number of ether oxygens (including phenoxy) is 1. The van der Waals surface area contributed by atoms with E-state index in [9.17, 15) is 9.59 Å². The fourth-order valence-electron chi connectivity index (χ4n) is 3.62. The molecule has 4 rings (SSSR count). The molecule has 0 saturated heterocycles. The molecule has 3 aromatic rings. The van der Waals surface area contributed by atoms with Crippen molar-refractivity contribution in [3.63, 3.8) is 0 Å². The van der Waals surface area contributed by atoms with Crippen molar-refractivity contribution in [1.82, 2.24) is 9.78 Å². The second-order valence-corrected chi connectivity index (χ2v) is 6.71. The molecule has 0 N–H and O–H groups in total. The highest BCUT2D eigenvalue weighted by Gasteiger charge is 2.46. The number of allylic oxidation sites excluding steroid dienone is 1. The molecule has 1 aliphatic rings. The predicted molar refractivity (Wildman–Crippen MR) is 102 cm³/mol. The van der Waals surface area contributed by atoms with E-state index in [-0.39, 0.29) is 24.4 Å². The van der Waals surface area contributed by atoms with Crippen LogP contribution in [-0.4, -0.2) is 34.1 Å². The van der Waals surface area contributed by atoms with Crippen molar-refractivity contribution in [2.24, 2.45) is 0 Å². The highest BCUT2D eigenvalue weighted by molar-refractivity contribution is 6.17. The van der Waals surface area contributed by atoms with E-state index < -0.39 is 5.60 Å². The molecule has 1 heterocycles. The van der Waals surface area contributed by atoms with Crippen molar-refractivity contribution in [3.8, 4) is 0 Å². The summed E-state index contributed by atoms with van der Waals surface area (Å²) in [6.45, 7) is 0.614. The molecule has 1 unspecified atom stereocenters. The maximum Gasteiger partial charge on any atom is 0.195 e. The summed E-state index contributed by atoms with van der Waals surface area (Å²) in [5.74, 6) is -0.540. The van der Waals surface area contributed by atoms with Crippen LogP contribution in [0.5, 0.6) is 0 Å². The highest BCUT2D eigenvalue weighted by Crippen LogP contribution is 2.29. The smallest absolute Gasteiger partial charge is 0.195 e. The van der Waals surface area contributed by atoms with Gasteiger partial charge >= 0.3 is 0 Å². The van der Waals surface area contributed by atoms with Crippen LogP contribution in [0.4, 0.5) is 0 Å². The zero-order valence-electron chi connectivity index (χ0n) is 15.1. The predicted octanol–water partition coefficient (Wildman–Crippen LogP) is 3.11. The molecule has 0 bridgehead atoms. The molecule has 0 fully saturated rings. The van der Waals surface area contributed by atoms with Gasteiger partial charge in [-0.15, -0.1) is 0 Å². The molecule has 5 nitrogen and oxygen atoms in total. The third kappa shape index (κ3) is 3.00. The Morgan fingerprint density at radius 2 is 1.81 bits per heavy atom. The lowest BCUT2D eigenvalue weighted by Gasteiger charge is -2.29. The van der Waals surface area contributed by atoms with Gasteiger partial charge in [0.1, 0.15) is 0 Å². The second-order valence-electron chi connectivity index (χ2n) is 6.71. The number of benzene rings is 2. The van der Waals surface area contributed by atoms with Gasteiger partial charge in [-0.2, -0.15) is 5.10 Å². The molecule has 1 aliphatic carbocycles. The standard InChI is InChI=1S/C22H20N2O3/c1-27-22(20(25)12-7-13-21(22)26)14-18-17-10-5-6-11-19(17)24(23-18)15-16-8-3-2-4-9-16/h2-12H,13-15H2,1H3. The van der Waals surface area contributed by atoms with Gasteiger partial charge in [0, 0.05) is 25.3 Å². The Balaban J connectivity index is 1.77. The average molecular weight is 360 g/mol. The van der Waals surface area contributed by atoms with Crippen molar-refractivity contribution in [2.75, 3.05) is 7.11 Å². The largest absolute Gasteiger partial charge is 0.362 e. The summed E-state index contributed by atoms with van der Waals surface area (Å²) in [5.41, 5.74) is 1.31. The number of fused-ring (bicyclic) bond motifs is 1. The molecule has 2 aromatic carbocycles. The lowest BCUT2D eigenvalue weighted by atomic mass is 9.82. The fourth-order valence-corrected chi connectivity index (χ4v) is 3.62. The van der Waals surface area contributed by atoms with E-state index in [0.29, 0.717) is 12.2 Å². The van der Waals surface area contributed by atoms with Gasteiger partial charge in [-0.25, -0.2) is 0 Å². The number of aromatic nitrogens is 2. The number of methoxy groups -OCH3 is 1. The second kappa shape index (κ2) is 6.93. The summed E-state index contributed by atoms with van der Waals surface area (Å²) in [6, 6.07) is 17.9. The van der Waals surface area contributed by atoms with Gasteiger partial charge in [-0.1, -0.05) is 54.6 Å². The van der Waals surface area contributed by atoms with Crippen molar-refractivity contribution in [3.05, 3.63) is 78.0 Å². The first-order valence-corrected chi connectivity index (χ1v) is 8.92. The molecule has 0 spiro atoms. The van der Waals surface area contributed by atoms with E-state index in [1.54, 1.807) is 6.08 Å². The number of hydrogen-bond acceptors (Lipinski definition) is 4. The number of Topliss-reactive ketones (excluding diaryl/α,β-unsaturated/α-hetero) is 1. The Bertz CT molecular complexity index is 1040. The number of carbonyl (C=O) groups is 2. The fraction of sp³-hybridized carbons (Fsp3) is 0.227. The van der Waals surface area contributed by atoms with Gasteiger partial charge in [0.25, 0.3) is 0 Å². The lowest BCUT2D eigenvalue weighted by molar-refractivity contribution is -0.152. The third-order valence-corrected chi connectivity index (χ3v) is 5.10. The Hall–Kier alpha value is -3.05. The molecule has 5 heteroatoms. The first kappa shape index (κ1) is 17.4. The summed E-state index contributed by atoms with van der Waals surface area (Å²) >= 11 is 0. The first-order valence-electron chi connectivity index (χ1n) is 8.92. The molecule has 0 saturated carbocycles. The van der Waals surface area contributed by atoms with Crippen LogP contribution in [0.1, 0.15) is 17.7 Å².